The lowest BCUT2D eigenvalue weighted by Crippen LogP contribution is -2.36. The highest BCUT2D eigenvalue weighted by atomic mass is 35.5. The summed E-state index contributed by atoms with van der Waals surface area (Å²) in [5.41, 5.74) is -0.490. The first kappa shape index (κ1) is 26.0. The van der Waals surface area contributed by atoms with Gasteiger partial charge >= 0.3 is 6.18 Å². The minimum absolute atomic E-state index is 0.191. The van der Waals surface area contributed by atoms with Crippen molar-refractivity contribution in [2.24, 2.45) is 0 Å². The number of nitrogens with zero attached hydrogens (tertiary/aromatic N) is 1. The molecule has 12 heteroatoms. The molecular formula is C20H22ClF4N3O3S. The Kier molecular flexibility index (Phi) is 8.63. The average Bonchev–Trinajstić information content (AvgIpc) is 2.68. The fraction of sp³-hybridized carbons (Fsp3) is 0.350. The van der Waals surface area contributed by atoms with Gasteiger partial charge in [0.15, 0.2) is 0 Å². The highest BCUT2D eigenvalue weighted by Crippen LogP contribution is 2.35. The number of hydrogen-bond acceptors (Lipinski definition) is 4. The zero-order valence-corrected chi connectivity index (χ0v) is 18.8. The minimum Gasteiger partial charge on any atom is -0.354 e. The fourth-order valence-corrected chi connectivity index (χ4v) is 4.14. The largest absolute Gasteiger partial charge is 0.417 e. The van der Waals surface area contributed by atoms with Gasteiger partial charge in [-0.25, -0.2) is 17.5 Å². The molecule has 1 amide bonds. The molecule has 0 fully saturated rings. The topological polar surface area (TPSA) is 78.5 Å². The molecule has 2 aromatic carbocycles. The monoisotopic (exact) mass is 495 g/mol. The van der Waals surface area contributed by atoms with Crippen LogP contribution in [0.2, 0.25) is 5.02 Å². The van der Waals surface area contributed by atoms with Crippen LogP contribution in [0, 0.1) is 5.82 Å². The van der Waals surface area contributed by atoms with E-state index in [0.717, 1.165) is 17.7 Å². The number of hydrogen-bond donors (Lipinski definition) is 2. The van der Waals surface area contributed by atoms with Gasteiger partial charge in [-0.1, -0.05) is 23.7 Å². The smallest absolute Gasteiger partial charge is 0.354 e. The van der Waals surface area contributed by atoms with Crippen LogP contribution in [0.3, 0.4) is 0 Å². The van der Waals surface area contributed by atoms with Gasteiger partial charge in [0.1, 0.15) is 5.82 Å². The van der Waals surface area contributed by atoms with Crippen LogP contribution in [0.4, 0.5) is 17.6 Å². The predicted molar refractivity (Wildman–Crippen MR) is 112 cm³/mol. The molecule has 0 spiro atoms. The first-order valence-electron chi connectivity index (χ1n) is 9.36. The number of amides is 1. The SMILES string of the molecule is CN(C)C(CNC(=O)CCNS(=O)(=O)c1ccc(Cl)c(C(F)(F)F)c1)c1ccc(F)cc1. The van der Waals surface area contributed by atoms with E-state index in [1.165, 1.54) is 12.1 Å². The highest BCUT2D eigenvalue weighted by Gasteiger charge is 2.34. The molecule has 2 N–H and O–H groups in total. The first-order chi connectivity index (χ1) is 14.8. The van der Waals surface area contributed by atoms with E-state index in [4.69, 9.17) is 11.6 Å². The van der Waals surface area contributed by atoms with E-state index in [-0.39, 0.29) is 31.4 Å². The number of nitrogens with one attached hydrogen (secondary N) is 2. The maximum absolute atomic E-state index is 13.1. The fourth-order valence-electron chi connectivity index (χ4n) is 2.85. The van der Waals surface area contributed by atoms with Gasteiger partial charge in [0.2, 0.25) is 15.9 Å². The van der Waals surface area contributed by atoms with E-state index < -0.39 is 37.6 Å². The Bertz CT molecular complexity index is 1050. The summed E-state index contributed by atoms with van der Waals surface area (Å²) in [6.45, 7) is -0.127. The number of sulfonamides is 1. The van der Waals surface area contributed by atoms with E-state index in [2.05, 4.69) is 10.0 Å². The summed E-state index contributed by atoms with van der Waals surface area (Å²) in [5, 5.41) is 2.05. The zero-order valence-electron chi connectivity index (χ0n) is 17.2. The lowest BCUT2D eigenvalue weighted by Gasteiger charge is -2.25. The number of rotatable bonds is 9. The third-order valence-electron chi connectivity index (χ3n) is 4.57. The van der Waals surface area contributed by atoms with Gasteiger partial charge in [-0.15, -0.1) is 0 Å². The van der Waals surface area contributed by atoms with Crippen LogP contribution in [0.1, 0.15) is 23.6 Å². The molecule has 2 aromatic rings. The van der Waals surface area contributed by atoms with Gasteiger partial charge in [0, 0.05) is 19.5 Å². The Labute approximate surface area is 188 Å². The van der Waals surface area contributed by atoms with E-state index in [1.807, 2.05) is 4.90 Å². The summed E-state index contributed by atoms with van der Waals surface area (Å²) in [4.78, 5) is 13.3. The molecular weight excluding hydrogens is 474 g/mol. The standard InChI is InChI=1S/C20H22ClF4N3O3S/c1-28(2)18(13-3-5-14(22)6-4-13)12-26-19(29)9-10-27-32(30,31)15-7-8-17(21)16(11-15)20(23,24)25/h3-8,11,18,27H,9-10,12H2,1-2H3,(H,26,29). The van der Waals surface area contributed by atoms with Crippen molar-refractivity contribution in [3.05, 3.63) is 64.4 Å². The van der Waals surface area contributed by atoms with Gasteiger partial charge in [-0.2, -0.15) is 13.2 Å². The molecule has 0 bridgehead atoms. The average molecular weight is 496 g/mol. The second-order valence-corrected chi connectivity index (χ2v) is 9.30. The van der Waals surface area contributed by atoms with Gasteiger partial charge in [0.05, 0.1) is 21.5 Å². The predicted octanol–water partition coefficient (Wildman–Crippen LogP) is 3.59. The molecule has 6 nitrogen and oxygen atoms in total. The van der Waals surface area contributed by atoms with E-state index >= 15 is 0 Å². The Balaban J connectivity index is 1.93. The third kappa shape index (κ3) is 7.16. The van der Waals surface area contributed by atoms with Crippen LogP contribution >= 0.6 is 11.6 Å². The van der Waals surface area contributed by atoms with Crippen molar-refractivity contribution in [1.82, 2.24) is 14.9 Å². The number of benzene rings is 2. The van der Waals surface area contributed by atoms with Gasteiger partial charge in [-0.05, 0) is 50.0 Å². The first-order valence-corrected chi connectivity index (χ1v) is 11.2. The van der Waals surface area contributed by atoms with E-state index in [1.54, 1.807) is 26.2 Å². The second-order valence-electron chi connectivity index (χ2n) is 7.12. The molecule has 1 unspecified atom stereocenters. The van der Waals surface area contributed by atoms with E-state index in [0.29, 0.717) is 6.07 Å². The Hall–Kier alpha value is -2.21. The third-order valence-corrected chi connectivity index (χ3v) is 6.36. The van der Waals surface area contributed by atoms with Crippen LogP contribution in [0.15, 0.2) is 47.4 Å². The molecule has 1 atom stereocenters. The number of halogens is 5. The number of carbonyl (C=O) groups excluding carboxylic acids is 1. The van der Waals surface area contributed by atoms with Crippen molar-refractivity contribution in [2.45, 2.75) is 23.5 Å². The molecule has 0 saturated carbocycles. The quantitative estimate of drug-likeness (QED) is 0.521. The lowest BCUT2D eigenvalue weighted by molar-refractivity contribution is -0.137. The number of likely N-dealkylation sites (N-methyl/N-ethyl adjacent to an activating group) is 1. The summed E-state index contributed by atoms with van der Waals surface area (Å²) in [6.07, 6.45) is -5.04. The highest BCUT2D eigenvalue weighted by molar-refractivity contribution is 7.89. The number of carbonyl (C=O) groups is 1. The molecule has 32 heavy (non-hydrogen) atoms. The maximum Gasteiger partial charge on any atom is 0.417 e. The Morgan fingerprint density at radius 1 is 1.12 bits per heavy atom. The summed E-state index contributed by atoms with van der Waals surface area (Å²) >= 11 is 5.50. The van der Waals surface area contributed by atoms with E-state index in [9.17, 15) is 30.8 Å². The Morgan fingerprint density at radius 2 is 1.75 bits per heavy atom. The molecule has 0 radical (unpaired) electrons. The molecule has 0 aliphatic heterocycles. The molecule has 0 saturated heterocycles. The van der Waals surface area contributed by atoms with Crippen molar-refractivity contribution >= 4 is 27.5 Å². The summed E-state index contributed by atoms with van der Waals surface area (Å²) in [5.74, 6) is -0.848. The van der Waals surface area contributed by atoms with Crippen LogP contribution in [-0.2, 0) is 21.0 Å². The van der Waals surface area contributed by atoms with Gasteiger partial charge in [-0.3, -0.25) is 4.79 Å². The van der Waals surface area contributed by atoms with Crippen LogP contribution in [0.5, 0.6) is 0 Å². The molecule has 0 aliphatic rings. The van der Waals surface area contributed by atoms with Crippen molar-refractivity contribution in [3.63, 3.8) is 0 Å². The molecule has 0 heterocycles. The summed E-state index contributed by atoms with van der Waals surface area (Å²) in [7, 11) is -0.705. The minimum atomic E-state index is -4.81. The van der Waals surface area contributed by atoms with Crippen LogP contribution < -0.4 is 10.0 Å². The van der Waals surface area contributed by atoms with Crippen molar-refractivity contribution < 1.29 is 30.8 Å². The maximum atomic E-state index is 13.1. The zero-order chi connectivity index (χ0) is 24.1. The molecule has 176 valence electrons. The normalized spacial score (nSPS) is 13.2. The van der Waals surface area contributed by atoms with Crippen molar-refractivity contribution in [2.75, 3.05) is 27.2 Å². The number of alkyl halides is 3. The van der Waals surface area contributed by atoms with Gasteiger partial charge < -0.3 is 10.2 Å². The summed E-state index contributed by atoms with van der Waals surface area (Å²) in [6, 6.07) is 7.81. The van der Waals surface area contributed by atoms with Gasteiger partial charge in [0.25, 0.3) is 0 Å². The van der Waals surface area contributed by atoms with Crippen molar-refractivity contribution in [3.8, 4) is 0 Å². The van der Waals surface area contributed by atoms with Crippen molar-refractivity contribution in [1.29, 1.82) is 0 Å². The molecule has 0 aromatic heterocycles. The molecule has 2 rings (SSSR count). The van der Waals surface area contributed by atoms with Crippen LogP contribution in [0.25, 0.3) is 0 Å². The second kappa shape index (κ2) is 10.6. The molecule has 0 aliphatic carbocycles. The Morgan fingerprint density at radius 3 is 2.31 bits per heavy atom. The lowest BCUT2D eigenvalue weighted by atomic mass is 10.1. The summed E-state index contributed by atoms with van der Waals surface area (Å²) < 4.78 is 78.6. The van der Waals surface area contributed by atoms with Crippen LogP contribution in [-0.4, -0.2) is 46.4 Å².